The van der Waals surface area contributed by atoms with Crippen molar-refractivity contribution in [2.24, 2.45) is 16.8 Å². The fourth-order valence-corrected chi connectivity index (χ4v) is 4.92. The number of carbonyl (C=O) groups excluding carboxylic acids is 2. The number of nitrogens with zero attached hydrogens (tertiary/aromatic N) is 5. The molecule has 3 amide bonds. The zero-order valence-electron chi connectivity index (χ0n) is 20.7. The summed E-state index contributed by atoms with van der Waals surface area (Å²) in [7, 11) is 0. The van der Waals surface area contributed by atoms with Crippen LogP contribution in [0.3, 0.4) is 0 Å². The number of aromatic amines is 1. The van der Waals surface area contributed by atoms with Gasteiger partial charge in [-0.05, 0) is 70.3 Å². The first-order valence-corrected chi connectivity index (χ1v) is 13.0. The van der Waals surface area contributed by atoms with Crippen LogP contribution in [0.15, 0.2) is 23.3 Å². The number of hydrogen-bond donors (Lipinski definition) is 4. The molecule has 0 bridgehead atoms. The van der Waals surface area contributed by atoms with Crippen molar-refractivity contribution in [2.75, 3.05) is 18.4 Å². The van der Waals surface area contributed by atoms with E-state index in [1.54, 1.807) is 12.3 Å². The first-order chi connectivity index (χ1) is 17.5. The molecule has 2 aliphatic carbocycles. The lowest BCUT2D eigenvalue weighted by Gasteiger charge is -2.33. The molecule has 0 spiro atoms. The van der Waals surface area contributed by atoms with Gasteiger partial charge in [-0.3, -0.25) is 9.89 Å². The zero-order chi connectivity index (χ0) is 24.9. The SMILES string of the molecule is Cc1cc(Nc2ccnc(/N=C/C3CCC(NC(=O)NC4CCN(C(=O)C5CC5)CC4)CC3)n2)n[nH]1. The molecule has 3 heterocycles. The summed E-state index contributed by atoms with van der Waals surface area (Å²) < 4.78 is 0. The van der Waals surface area contributed by atoms with Crippen molar-refractivity contribution in [2.45, 2.75) is 70.4 Å². The van der Waals surface area contributed by atoms with Crippen LogP contribution in [0, 0.1) is 18.8 Å². The Hall–Kier alpha value is -3.50. The molecule has 36 heavy (non-hydrogen) atoms. The number of nitrogens with one attached hydrogen (secondary N) is 4. The Morgan fingerprint density at radius 3 is 2.42 bits per heavy atom. The minimum absolute atomic E-state index is 0.0936. The third-order valence-electron chi connectivity index (χ3n) is 7.18. The highest BCUT2D eigenvalue weighted by Gasteiger charge is 2.35. The van der Waals surface area contributed by atoms with Crippen LogP contribution in [0.4, 0.5) is 22.4 Å². The molecular formula is C25H35N9O2. The van der Waals surface area contributed by atoms with Gasteiger partial charge in [0, 0.05) is 55.3 Å². The summed E-state index contributed by atoms with van der Waals surface area (Å²) in [6, 6.07) is 3.90. The molecule has 4 N–H and O–H groups in total. The van der Waals surface area contributed by atoms with Gasteiger partial charge in [-0.15, -0.1) is 0 Å². The van der Waals surface area contributed by atoms with E-state index in [4.69, 9.17) is 0 Å². The van der Waals surface area contributed by atoms with Crippen molar-refractivity contribution in [3.8, 4) is 0 Å². The van der Waals surface area contributed by atoms with Gasteiger partial charge in [-0.1, -0.05) is 0 Å². The predicted molar refractivity (Wildman–Crippen MR) is 137 cm³/mol. The van der Waals surface area contributed by atoms with Crippen LogP contribution in [0.25, 0.3) is 0 Å². The van der Waals surface area contributed by atoms with E-state index in [1.165, 1.54) is 0 Å². The number of carbonyl (C=O) groups is 2. The number of hydrogen-bond acceptors (Lipinski definition) is 7. The summed E-state index contributed by atoms with van der Waals surface area (Å²) in [6.45, 7) is 3.43. The Bertz CT molecular complexity index is 1080. The first kappa shape index (κ1) is 24.2. The van der Waals surface area contributed by atoms with E-state index in [-0.39, 0.29) is 24.0 Å². The van der Waals surface area contributed by atoms with Crippen molar-refractivity contribution in [3.63, 3.8) is 0 Å². The van der Waals surface area contributed by atoms with Gasteiger partial charge in [0.05, 0.1) is 0 Å². The van der Waals surface area contributed by atoms with Crippen LogP contribution in [-0.4, -0.2) is 68.4 Å². The third kappa shape index (κ3) is 6.58. The van der Waals surface area contributed by atoms with Crippen LogP contribution in [0.2, 0.25) is 0 Å². The number of piperidine rings is 1. The summed E-state index contributed by atoms with van der Waals surface area (Å²) in [6.07, 6.45) is 11.1. The van der Waals surface area contributed by atoms with E-state index in [2.05, 4.69) is 41.1 Å². The number of aryl methyl sites for hydroxylation is 1. The molecule has 3 fully saturated rings. The van der Waals surface area contributed by atoms with E-state index >= 15 is 0 Å². The molecule has 0 aromatic carbocycles. The Morgan fingerprint density at radius 2 is 1.75 bits per heavy atom. The van der Waals surface area contributed by atoms with Gasteiger partial charge < -0.3 is 20.9 Å². The summed E-state index contributed by atoms with van der Waals surface area (Å²) in [5.41, 5.74) is 0.967. The second-order valence-electron chi connectivity index (χ2n) is 10.2. The maximum atomic E-state index is 12.5. The molecule has 11 heteroatoms. The Balaban J connectivity index is 1.01. The third-order valence-corrected chi connectivity index (χ3v) is 7.18. The Morgan fingerprint density at radius 1 is 1.03 bits per heavy atom. The number of aromatic nitrogens is 4. The van der Waals surface area contributed by atoms with Gasteiger partial charge in [0.2, 0.25) is 5.91 Å². The molecule has 0 unspecified atom stereocenters. The topological polar surface area (TPSA) is 140 Å². The van der Waals surface area contributed by atoms with Gasteiger partial charge in [0.1, 0.15) is 5.82 Å². The lowest BCUT2D eigenvalue weighted by atomic mass is 9.87. The normalized spacial score (nSPS) is 23.0. The second-order valence-corrected chi connectivity index (χ2v) is 10.2. The van der Waals surface area contributed by atoms with Crippen LogP contribution in [0.1, 0.15) is 57.1 Å². The lowest BCUT2D eigenvalue weighted by Crippen LogP contribution is -2.51. The number of amides is 3. The van der Waals surface area contributed by atoms with Crippen LogP contribution >= 0.6 is 0 Å². The van der Waals surface area contributed by atoms with Crippen molar-refractivity contribution in [3.05, 3.63) is 24.0 Å². The fourth-order valence-electron chi connectivity index (χ4n) is 4.92. The molecule has 0 atom stereocenters. The molecule has 2 saturated carbocycles. The van der Waals surface area contributed by atoms with Crippen molar-refractivity contribution in [1.82, 2.24) is 35.7 Å². The average molecular weight is 494 g/mol. The van der Waals surface area contributed by atoms with E-state index in [0.717, 1.165) is 70.2 Å². The summed E-state index contributed by atoms with van der Waals surface area (Å²) >= 11 is 0. The summed E-state index contributed by atoms with van der Waals surface area (Å²) in [5, 5.41) is 16.4. The van der Waals surface area contributed by atoms with Gasteiger partial charge in [-0.25, -0.2) is 14.8 Å². The molecule has 3 aliphatic rings. The quantitative estimate of drug-likeness (QED) is 0.437. The molecule has 1 saturated heterocycles. The van der Waals surface area contributed by atoms with Crippen molar-refractivity contribution >= 4 is 35.7 Å². The Kier molecular flexibility index (Phi) is 7.43. The highest BCUT2D eigenvalue weighted by Crippen LogP contribution is 2.32. The number of H-pyrrole nitrogens is 1. The molecule has 11 nitrogen and oxygen atoms in total. The largest absolute Gasteiger partial charge is 0.342 e. The molecule has 2 aromatic heterocycles. The smallest absolute Gasteiger partial charge is 0.315 e. The van der Waals surface area contributed by atoms with E-state index < -0.39 is 0 Å². The molecule has 5 rings (SSSR count). The Labute approximate surface area is 211 Å². The first-order valence-electron chi connectivity index (χ1n) is 13.0. The number of urea groups is 1. The van der Waals surface area contributed by atoms with E-state index in [1.807, 2.05) is 24.1 Å². The predicted octanol–water partition coefficient (Wildman–Crippen LogP) is 3.21. The van der Waals surface area contributed by atoms with Crippen molar-refractivity contribution in [1.29, 1.82) is 0 Å². The molecule has 192 valence electrons. The van der Waals surface area contributed by atoms with E-state index in [0.29, 0.717) is 29.4 Å². The monoisotopic (exact) mass is 493 g/mol. The highest BCUT2D eigenvalue weighted by atomic mass is 16.2. The number of likely N-dealkylation sites (tertiary alicyclic amines) is 1. The van der Waals surface area contributed by atoms with Crippen LogP contribution in [0.5, 0.6) is 0 Å². The fraction of sp³-hybridized carbons (Fsp3) is 0.600. The maximum Gasteiger partial charge on any atom is 0.315 e. The van der Waals surface area contributed by atoms with Crippen LogP contribution in [-0.2, 0) is 4.79 Å². The molecule has 2 aromatic rings. The summed E-state index contributed by atoms with van der Waals surface area (Å²) in [5.74, 6) is 2.67. The number of anilines is 2. The maximum absolute atomic E-state index is 12.5. The second kappa shape index (κ2) is 11.0. The highest BCUT2D eigenvalue weighted by molar-refractivity contribution is 5.81. The van der Waals surface area contributed by atoms with Gasteiger partial charge >= 0.3 is 6.03 Å². The molecule has 1 aliphatic heterocycles. The number of rotatable bonds is 7. The molecular weight excluding hydrogens is 458 g/mol. The summed E-state index contributed by atoms with van der Waals surface area (Å²) in [4.78, 5) is 39.8. The number of aliphatic imine (C=N–C) groups is 1. The van der Waals surface area contributed by atoms with Gasteiger partial charge in [0.15, 0.2) is 5.82 Å². The lowest BCUT2D eigenvalue weighted by molar-refractivity contribution is -0.133. The standard InChI is InChI=1S/C25H35N9O2/c1-16-14-22(33-32-16)30-21-8-11-26-24(31-21)27-15-17-2-6-19(7-3-17)28-25(36)29-20-9-12-34(13-10-20)23(35)18-4-5-18/h8,11,14-15,17-20H,2-7,9-10,12-13H2,1H3,(H2,28,29,36)(H2,26,30,31,32,33)/b27-15+. The van der Waals surface area contributed by atoms with Gasteiger partial charge in [0.25, 0.3) is 5.95 Å². The average Bonchev–Trinajstić information content (AvgIpc) is 3.66. The van der Waals surface area contributed by atoms with Gasteiger partial charge in [-0.2, -0.15) is 10.1 Å². The minimum atomic E-state index is -0.0936. The van der Waals surface area contributed by atoms with Crippen LogP contribution < -0.4 is 16.0 Å². The minimum Gasteiger partial charge on any atom is -0.342 e. The van der Waals surface area contributed by atoms with E-state index in [9.17, 15) is 9.59 Å². The van der Waals surface area contributed by atoms with Crippen molar-refractivity contribution < 1.29 is 9.59 Å². The zero-order valence-corrected chi connectivity index (χ0v) is 20.7. The molecule has 0 radical (unpaired) electrons.